The molecule has 3 heterocycles. The molecule has 8 heteroatoms. The molecule has 0 N–H and O–H groups in total. The standard InChI is InChI=1S/C24H22ClN3O3S/c25-16-7-8-20-19(14-16)26-22(32-20)15-9-12-27(13-10-15)21(29)6-3-11-28-23(30)17-4-1-2-5-18(17)24(28)31/h1-2,4-5,7-8,14-15H,3,6,9-13H2. The molecule has 1 fully saturated rings. The van der Waals surface area contributed by atoms with Gasteiger partial charge < -0.3 is 4.90 Å². The number of benzene rings is 2. The Hall–Kier alpha value is -2.77. The zero-order valence-electron chi connectivity index (χ0n) is 17.4. The van der Waals surface area contributed by atoms with Crippen LogP contribution >= 0.6 is 22.9 Å². The number of fused-ring (bicyclic) bond motifs is 2. The van der Waals surface area contributed by atoms with Crippen LogP contribution in [0.25, 0.3) is 10.2 Å². The summed E-state index contributed by atoms with van der Waals surface area (Å²) in [6, 6.07) is 12.6. The molecule has 0 spiro atoms. The molecule has 32 heavy (non-hydrogen) atoms. The van der Waals surface area contributed by atoms with Crippen LogP contribution in [0.15, 0.2) is 42.5 Å². The Bertz CT molecular complexity index is 1180. The number of likely N-dealkylation sites (tertiary alicyclic amines) is 1. The molecule has 0 saturated carbocycles. The van der Waals surface area contributed by atoms with Gasteiger partial charge in [0.05, 0.1) is 26.4 Å². The van der Waals surface area contributed by atoms with Crippen molar-refractivity contribution >= 4 is 50.9 Å². The van der Waals surface area contributed by atoms with Crippen LogP contribution in [0.1, 0.15) is 57.3 Å². The zero-order chi connectivity index (χ0) is 22.2. The van der Waals surface area contributed by atoms with Gasteiger partial charge in [-0.15, -0.1) is 11.3 Å². The number of hydrogen-bond acceptors (Lipinski definition) is 5. The predicted octanol–water partition coefficient (Wildman–Crippen LogP) is 4.73. The summed E-state index contributed by atoms with van der Waals surface area (Å²) in [7, 11) is 0. The van der Waals surface area contributed by atoms with E-state index < -0.39 is 0 Å². The van der Waals surface area contributed by atoms with E-state index in [1.807, 2.05) is 23.1 Å². The molecule has 3 amide bonds. The summed E-state index contributed by atoms with van der Waals surface area (Å²) < 4.78 is 1.14. The van der Waals surface area contributed by atoms with Gasteiger partial charge in [0.25, 0.3) is 11.8 Å². The Morgan fingerprint density at radius 2 is 1.75 bits per heavy atom. The first-order valence-corrected chi connectivity index (χ1v) is 12.0. The molecule has 0 aliphatic carbocycles. The second-order valence-corrected chi connectivity index (χ2v) is 9.73. The molecule has 6 nitrogen and oxygen atoms in total. The first kappa shape index (κ1) is 21.1. The van der Waals surface area contributed by atoms with Gasteiger partial charge in [-0.1, -0.05) is 23.7 Å². The summed E-state index contributed by atoms with van der Waals surface area (Å²) in [4.78, 5) is 45.5. The Morgan fingerprint density at radius 3 is 2.44 bits per heavy atom. The number of carbonyl (C=O) groups is 3. The summed E-state index contributed by atoms with van der Waals surface area (Å²) >= 11 is 7.77. The minimum atomic E-state index is -0.268. The van der Waals surface area contributed by atoms with Crippen LogP contribution in [0.2, 0.25) is 5.02 Å². The molecule has 0 unspecified atom stereocenters. The fourth-order valence-electron chi connectivity index (χ4n) is 4.46. The van der Waals surface area contributed by atoms with Crippen LogP contribution in [0.3, 0.4) is 0 Å². The molecule has 1 aromatic heterocycles. The van der Waals surface area contributed by atoms with Gasteiger partial charge in [-0.05, 0) is 49.6 Å². The maximum absolute atomic E-state index is 12.7. The van der Waals surface area contributed by atoms with Crippen molar-refractivity contribution in [3.63, 3.8) is 0 Å². The van der Waals surface area contributed by atoms with Crippen molar-refractivity contribution in [1.29, 1.82) is 0 Å². The highest BCUT2D eigenvalue weighted by Crippen LogP contribution is 2.35. The molecule has 2 aliphatic heterocycles. The van der Waals surface area contributed by atoms with Crippen LogP contribution < -0.4 is 0 Å². The Labute approximate surface area is 194 Å². The monoisotopic (exact) mass is 467 g/mol. The summed E-state index contributed by atoms with van der Waals surface area (Å²) in [5, 5.41) is 1.80. The third-order valence-corrected chi connectivity index (χ3v) is 7.65. The van der Waals surface area contributed by atoms with E-state index in [9.17, 15) is 14.4 Å². The first-order chi connectivity index (χ1) is 15.5. The van der Waals surface area contributed by atoms with E-state index >= 15 is 0 Å². The number of imide groups is 1. The second kappa shape index (κ2) is 8.64. The van der Waals surface area contributed by atoms with Crippen molar-refractivity contribution in [2.45, 2.75) is 31.6 Å². The fourth-order valence-corrected chi connectivity index (χ4v) is 5.74. The molecule has 5 rings (SSSR count). The van der Waals surface area contributed by atoms with Crippen molar-refractivity contribution in [2.24, 2.45) is 0 Å². The Morgan fingerprint density at radius 1 is 1.06 bits per heavy atom. The lowest BCUT2D eigenvalue weighted by Crippen LogP contribution is -2.38. The number of thiazole rings is 1. The molecule has 0 atom stereocenters. The molecule has 0 radical (unpaired) electrons. The minimum absolute atomic E-state index is 0.0798. The largest absolute Gasteiger partial charge is 0.343 e. The van der Waals surface area contributed by atoms with Gasteiger partial charge in [0.2, 0.25) is 5.91 Å². The highest BCUT2D eigenvalue weighted by molar-refractivity contribution is 7.18. The lowest BCUT2D eigenvalue weighted by molar-refractivity contribution is -0.132. The summed E-state index contributed by atoms with van der Waals surface area (Å²) in [6.07, 6.45) is 2.58. The summed E-state index contributed by atoms with van der Waals surface area (Å²) in [5.41, 5.74) is 1.83. The number of aromatic nitrogens is 1. The fraction of sp³-hybridized carbons (Fsp3) is 0.333. The molecule has 1 saturated heterocycles. The average Bonchev–Trinajstić information content (AvgIpc) is 3.33. The molecule has 0 bridgehead atoms. The van der Waals surface area contributed by atoms with E-state index in [-0.39, 0.29) is 24.3 Å². The SMILES string of the molecule is O=C(CCCN1C(=O)c2ccccc2C1=O)N1CCC(c2nc3cc(Cl)ccc3s2)CC1. The van der Waals surface area contributed by atoms with Gasteiger partial charge in [0, 0.05) is 37.0 Å². The van der Waals surface area contributed by atoms with Gasteiger partial charge >= 0.3 is 0 Å². The minimum Gasteiger partial charge on any atom is -0.343 e. The number of amides is 3. The third-order valence-electron chi connectivity index (χ3n) is 6.21. The van der Waals surface area contributed by atoms with Crippen LogP contribution in [-0.2, 0) is 4.79 Å². The molecule has 2 aliphatic rings. The third kappa shape index (κ3) is 3.91. The number of rotatable bonds is 5. The topological polar surface area (TPSA) is 70.6 Å². The molecular weight excluding hydrogens is 446 g/mol. The average molecular weight is 468 g/mol. The van der Waals surface area contributed by atoms with Gasteiger partial charge in [-0.25, -0.2) is 4.98 Å². The molecular formula is C24H22ClN3O3S. The highest BCUT2D eigenvalue weighted by Gasteiger charge is 2.34. The summed E-state index contributed by atoms with van der Waals surface area (Å²) in [5.74, 6) is -0.100. The second-order valence-electron chi connectivity index (χ2n) is 8.23. The zero-order valence-corrected chi connectivity index (χ0v) is 19.0. The van der Waals surface area contributed by atoms with Gasteiger partial charge in [0.15, 0.2) is 0 Å². The lowest BCUT2D eigenvalue weighted by Gasteiger charge is -2.31. The number of halogens is 1. The van der Waals surface area contributed by atoms with Crippen LogP contribution in [-0.4, -0.2) is 52.1 Å². The number of hydrogen-bond donors (Lipinski definition) is 0. The molecule has 3 aromatic rings. The number of nitrogens with zero attached hydrogens (tertiary/aromatic N) is 3. The van der Waals surface area contributed by atoms with Crippen molar-refractivity contribution in [3.8, 4) is 0 Å². The maximum atomic E-state index is 12.7. The highest BCUT2D eigenvalue weighted by atomic mass is 35.5. The first-order valence-electron chi connectivity index (χ1n) is 10.8. The van der Waals surface area contributed by atoms with E-state index in [4.69, 9.17) is 16.6 Å². The van der Waals surface area contributed by atoms with Crippen LogP contribution in [0.4, 0.5) is 0 Å². The number of piperidine rings is 1. The molecule has 2 aromatic carbocycles. The van der Waals surface area contributed by atoms with Crippen molar-refractivity contribution in [1.82, 2.24) is 14.8 Å². The Kier molecular flexibility index (Phi) is 5.69. The Balaban J connectivity index is 1.12. The van der Waals surface area contributed by atoms with Crippen molar-refractivity contribution in [2.75, 3.05) is 19.6 Å². The van der Waals surface area contributed by atoms with Gasteiger partial charge in [-0.2, -0.15) is 0 Å². The van der Waals surface area contributed by atoms with Gasteiger partial charge in [0.1, 0.15) is 0 Å². The normalized spacial score (nSPS) is 16.8. The number of carbonyl (C=O) groups excluding carboxylic acids is 3. The maximum Gasteiger partial charge on any atom is 0.261 e. The smallest absolute Gasteiger partial charge is 0.261 e. The van der Waals surface area contributed by atoms with E-state index in [1.54, 1.807) is 35.6 Å². The van der Waals surface area contributed by atoms with Gasteiger partial charge in [-0.3, -0.25) is 19.3 Å². The quantitative estimate of drug-likeness (QED) is 0.508. The van der Waals surface area contributed by atoms with E-state index in [2.05, 4.69) is 0 Å². The van der Waals surface area contributed by atoms with E-state index in [1.165, 1.54) is 4.90 Å². The van der Waals surface area contributed by atoms with Crippen molar-refractivity contribution in [3.05, 3.63) is 63.6 Å². The van der Waals surface area contributed by atoms with Crippen LogP contribution in [0, 0.1) is 0 Å². The van der Waals surface area contributed by atoms with E-state index in [0.29, 0.717) is 48.0 Å². The lowest BCUT2D eigenvalue weighted by atomic mass is 9.97. The van der Waals surface area contributed by atoms with Crippen LogP contribution in [0.5, 0.6) is 0 Å². The summed E-state index contributed by atoms with van der Waals surface area (Å²) in [6.45, 7) is 1.67. The predicted molar refractivity (Wildman–Crippen MR) is 124 cm³/mol. The molecule has 164 valence electrons. The van der Waals surface area contributed by atoms with E-state index in [0.717, 1.165) is 28.1 Å². The van der Waals surface area contributed by atoms with Crippen molar-refractivity contribution < 1.29 is 14.4 Å².